The van der Waals surface area contributed by atoms with Gasteiger partial charge in [0.2, 0.25) is 0 Å². The molecule has 0 bridgehead atoms. The van der Waals surface area contributed by atoms with Gasteiger partial charge in [0, 0.05) is 77.2 Å². The summed E-state index contributed by atoms with van der Waals surface area (Å²) in [6, 6.07) is 0. The van der Waals surface area contributed by atoms with Crippen molar-refractivity contribution in [2.75, 3.05) is 79.8 Å². The Morgan fingerprint density at radius 1 is 0.384 bits per heavy atom. The van der Waals surface area contributed by atoms with Gasteiger partial charge in [0.1, 0.15) is 28.9 Å². The van der Waals surface area contributed by atoms with Crippen LogP contribution >= 0.6 is 0 Å². The van der Waals surface area contributed by atoms with E-state index in [0.29, 0.717) is 83.8 Å². The molecule has 0 amide bonds. The Hall–Kier alpha value is -6.80. The van der Waals surface area contributed by atoms with Gasteiger partial charge in [-0.05, 0) is 70.6 Å². The minimum absolute atomic E-state index is 0.00982. The second-order valence-electron chi connectivity index (χ2n) is 20.7. The van der Waals surface area contributed by atoms with Gasteiger partial charge in [0.15, 0.2) is 0 Å². The van der Waals surface area contributed by atoms with E-state index in [1.54, 1.807) is 6.08 Å². The van der Waals surface area contributed by atoms with Crippen LogP contribution < -0.4 is 0 Å². The summed E-state index contributed by atoms with van der Waals surface area (Å²) in [6.45, 7) is 3.85. The van der Waals surface area contributed by atoms with E-state index in [-0.39, 0.29) is 216 Å². The van der Waals surface area contributed by atoms with Crippen LogP contribution in [0.15, 0.2) is 12.7 Å². The fraction of sp³-hybridized carbons (Fsp3) is 0.733. The lowest BCUT2D eigenvalue weighted by molar-refractivity contribution is -0.151. The number of allylic oxidation sites excluding steroid dienone is 1. The molecule has 0 aromatic rings. The normalized spacial score (nSPS) is 14.8. The first-order valence-electron chi connectivity index (χ1n) is 29.7. The third-order valence-electron chi connectivity index (χ3n) is 13.4. The zero-order valence-electron chi connectivity index (χ0n) is 49.7. The molecular formula is C60H88O26. The number of ether oxygens (including phenoxy) is 11. The lowest BCUT2D eigenvalue weighted by Crippen LogP contribution is -2.23. The van der Waals surface area contributed by atoms with Crippen LogP contribution in [0.2, 0.25) is 0 Å². The van der Waals surface area contributed by atoms with Crippen LogP contribution in [0.3, 0.4) is 0 Å². The van der Waals surface area contributed by atoms with Crippen LogP contribution in [-0.2, 0) is 119 Å². The molecule has 0 saturated carbocycles. The monoisotopic (exact) mass is 1220 g/mol. The number of rotatable bonds is 55. The number of esters is 9. The lowest BCUT2D eigenvalue weighted by Gasteiger charge is -2.17. The summed E-state index contributed by atoms with van der Waals surface area (Å²) in [4.78, 5) is 170. The average molecular weight is 1230 g/mol. The first-order chi connectivity index (χ1) is 41.3. The third-order valence-corrected chi connectivity index (χ3v) is 13.4. The first-order valence-corrected chi connectivity index (χ1v) is 29.7. The van der Waals surface area contributed by atoms with Crippen molar-refractivity contribution >= 4 is 82.6 Å². The largest absolute Gasteiger partial charge is 0.469 e. The van der Waals surface area contributed by atoms with Crippen molar-refractivity contribution < 1.29 is 124 Å². The number of hydrogen-bond acceptors (Lipinski definition) is 26. The second-order valence-corrected chi connectivity index (χ2v) is 20.7. The highest BCUT2D eigenvalue weighted by Crippen LogP contribution is 2.27. The molecule has 0 aromatic carbocycles. The first kappa shape index (κ1) is 75.3. The smallest absolute Gasteiger partial charge is 0.309 e. The molecule has 5 atom stereocenters. The number of ketones is 5. The molecule has 2 aliphatic heterocycles. The van der Waals surface area contributed by atoms with Crippen molar-refractivity contribution in [1.29, 1.82) is 0 Å². The zero-order chi connectivity index (χ0) is 63.3. The summed E-state index contributed by atoms with van der Waals surface area (Å²) in [5, 5.41) is 8.70. The van der Waals surface area contributed by atoms with Crippen LogP contribution in [0.5, 0.6) is 0 Å². The van der Waals surface area contributed by atoms with E-state index >= 15 is 0 Å². The van der Waals surface area contributed by atoms with Crippen LogP contribution in [-0.4, -0.2) is 180 Å². The number of carbonyl (C=O) groups excluding carboxylic acids is 14. The molecule has 2 heterocycles. The number of methoxy groups -OCH3 is 1. The highest BCUT2D eigenvalue weighted by atomic mass is 16.6. The van der Waals surface area contributed by atoms with Gasteiger partial charge in [-0.15, -0.1) is 6.58 Å². The van der Waals surface area contributed by atoms with Crippen molar-refractivity contribution in [1.82, 2.24) is 0 Å². The van der Waals surface area contributed by atoms with Crippen molar-refractivity contribution in [3.05, 3.63) is 12.7 Å². The Morgan fingerprint density at radius 2 is 0.686 bits per heavy atom. The molecule has 0 aliphatic carbocycles. The van der Waals surface area contributed by atoms with Crippen LogP contribution in [0.1, 0.15) is 173 Å². The molecular weight excluding hydrogens is 1140 g/mol. The van der Waals surface area contributed by atoms with Gasteiger partial charge in [-0.25, -0.2) is 0 Å². The maximum atomic E-state index is 13.1. The van der Waals surface area contributed by atoms with Gasteiger partial charge in [-0.3, -0.25) is 67.1 Å². The quantitative estimate of drug-likeness (QED) is 0.0283. The van der Waals surface area contributed by atoms with Gasteiger partial charge < -0.3 is 57.2 Å². The zero-order valence-corrected chi connectivity index (χ0v) is 49.7. The molecule has 0 spiro atoms. The number of carbonyl (C=O) groups is 14. The number of epoxide rings is 2. The van der Waals surface area contributed by atoms with E-state index < -0.39 is 59.2 Å². The van der Waals surface area contributed by atoms with Crippen molar-refractivity contribution in [2.24, 2.45) is 17.8 Å². The molecule has 1 N–H and O–H groups in total. The molecule has 86 heavy (non-hydrogen) atoms. The molecule has 2 fully saturated rings. The van der Waals surface area contributed by atoms with Crippen molar-refractivity contribution in [3.8, 4) is 0 Å². The standard InChI is InChI=1S/C60H88O26/c1-3-9-42(58(73)76-2)10-6-32-83-60(75)44(39-51-41-86-51)12-8-33-84-59(74)43(38-50-40-85-50)11-7-31-78-52(67)13-4-5-30-77-53(68)20-15-46(63)25-35-80-55(70)22-17-48(65)27-37-82-57(72)23-18-49(66)28-36-81-56(71)21-16-47(64)26-34-79-54(69)19-14-45(62)24-29-61/h3,42-44,50-51,61H,1,4-41H2,2H3. The molecule has 5 unspecified atom stereocenters. The summed E-state index contributed by atoms with van der Waals surface area (Å²) >= 11 is 0. The summed E-state index contributed by atoms with van der Waals surface area (Å²) in [6.07, 6.45) is 3.83. The summed E-state index contributed by atoms with van der Waals surface area (Å²) in [5.41, 5.74) is 0. The number of aliphatic hydroxyl groups is 1. The van der Waals surface area contributed by atoms with Gasteiger partial charge in [0.25, 0.3) is 0 Å². The summed E-state index contributed by atoms with van der Waals surface area (Å²) < 4.78 is 56.9. The van der Waals surface area contributed by atoms with E-state index in [9.17, 15) is 67.1 Å². The topological polar surface area (TPSA) is 367 Å². The van der Waals surface area contributed by atoms with Gasteiger partial charge in [0.05, 0.1) is 135 Å². The van der Waals surface area contributed by atoms with Crippen LogP contribution in [0, 0.1) is 17.8 Å². The minimum Gasteiger partial charge on any atom is -0.469 e. The molecule has 0 aromatic heterocycles. The van der Waals surface area contributed by atoms with E-state index in [4.69, 9.17) is 57.2 Å². The third kappa shape index (κ3) is 40.5. The summed E-state index contributed by atoms with van der Waals surface area (Å²) in [5.74, 6) is -8.04. The van der Waals surface area contributed by atoms with Gasteiger partial charge in [-0.2, -0.15) is 0 Å². The number of unbranched alkanes of at least 4 members (excludes halogenated alkanes) is 1. The Labute approximate surface area is 501 Å². The van der Waals surface area contributed by atoms with E-state index in [1.807, 2.05) is 0 Å². The molecule has 2 rings (SSSR count). The number of hydrogen-bond donors (Lipinski definition) is 1. The predicted molar refractivity (Wildman–Crippen MR) is 297 cm³/mol. The van der Waals surface area contributed by atoms with Crippen molar-refractivity contribution in [2.45, 2.75) is 186 Å². The molecule has 2 aliphatic rings. The lowest BCUT2D eigenvalue weighted by atomic mass is 9.97. The molecule has 0 radical (unpaired) electrons. The van der Waals surface area contributed by atoms with Crippen LogP contribution in [0.25, 0.3) is 0 Å². The molecule has 2 saturated heterocycles. The minimum atomic E-state index is -0.741. The molecule has 26 heteroatoms. The Kier molecular flexibility index (Phi) is 40.6. The Morgan fingerprint density at radius 3 is 1.01 bits per heavy atom. The highest BCUT2D eigenvalue weighted by Gasteiger charge is 2.33. The Balaban J connectivity index is 1.45. The number of Topliss-reactive ketones (excluding diaryl/α,β-unsaturated/α-hetero) is 5. The highest BCUT2D eigenvalue weighted by molar-refractivity contribution is 5.86. The van der Waals surface area contributed by atoms with Gasteiger partial charge in [-0.1, -0.05) is 6.08 Å². The SMILES string of the molecule is C=CCC(CCCOC(=O)C(CCCOC(=O)C(CCCOC(=O)CCCCOC(=O)CCC(=O)CCOC(=O)CCC(=O)CCOC(=O)CCC(=O)CCOC(=O)CCC(=O)CCOC(=O)CCC(=O)CCO)CC1CO1)CC1CO1)C(=O)OC. The predicted octanol–water partition coefficient (Wildman–Crippen LogP) is 4.71. The number of aliphatic hydroxyl groups excluding tert-OH is 1. The van der Waals surface area contributed by atoms with Crippen LogP contribution in [0.4, 0.5) is 0 Å². The average Bonchev–Trinajstić information content (AvgIpc) is 4.65. The second kappa shape index (κ2) is 46.4. The van der Waals surface area contributed by atoms with E-state index in [0.717, 1.165) is 0 Å². The Bertz CT molecular complexity index is 2200. The fourth-order valence-electron chi connectivity index (χ4n) is 8.23. The fourth-order valence-corrected chi connectivity index (χ4v) is 8.23. The summed E-state index contributed by atoms with van der Waals surface area (Å²) in [7, 11) is 1.33. The van der Waals surface area contributed by atoms with E-state index in [1.165, 1.54) is 7.11 Å². The molecule has 484 valence electrons. The van der Waals surface area contributed by atoms with Gasteiger partial charge >= 0.3 is 53.7 Å². The van der Waals surface area contributed by atoms with E-state index in [2.05, 4.69) is 6.58 Å². The van der Waals surface area contributed by atoms with Crippen molar-refractivity contribution in [3.63, 3.8) is 0 Å². The molecule has 26 nitrogen and oxygen atoms in total. The maximum absolute atomic E-state index is 13.1. The maximum Gasteiger partial charge on any atom is 0.309 e.